The highest BCUT2D eigenvalue weighted by molar-refractivity contribution is 6.03. The highest BCUT2D eigenvalue weighted by Crippen LogP contribution is 2.24. The molecule has 2 aliphatic rings. The van der Waals surface area contributed by atoms with Crippen LogP contribution >= 0.6 is 0 Å². The number of anilines is 1. The van der Waals surface area contributed by atoms with E-state index in [9.17, 15) is 9.59 Å². The zero-order valence-corrected chi connectivity index (χ0v) is 17.5. The molecule has 1 saturated heterocycles. The summed E-state index contributed by atoms with van der Waals surface area (Å²) in [5.74, 6) is 0.105. The van der Waals surface area contributed by atoms with Crippen LogP contribution in [0.15, 0.2) is 18.2 Å². The van der Waals surface area contributed by atoms with Crippen LogP contribution in [0.5, 0.6) is 0 Å². The van der Waals surface area contributed by atoms with Crippen LogP contribution in [0.3, 0.4) is 0 Å². The van der Waals surface area contributed by atoms with Crippen LogP contribution in [0.2, 0.25) is 0 Å². The summed E-state index contributed by atoms with van der Waals surface area (Å²) in [6.45, 7) is 6.34. The first-order chi connectivity index (χ1) is 14.0. The first kappa shape index (κ1) is 19.7. The van der Waals surface area contributed by atoms with E-state index >= 15 is 0 Å². The fourth-order valence-corrected chi connectivity index (χ4v) is 4.55. The number of carbonyl (C=O) groups excluding carboxylic acids is 2. The number of fused-ring (bicyclic) bond motifs is 1. The molecule has 2 aliphatic heterocycles. The van der Waals surface area contributed by atoms with E-state index in [1.54, 1.807) is 0 Å². The summed E-state index contributed by atoms with van der Waals surface area (Å²) in [6.07, 6.45) is 7.28. The number of nitrogens with one attached hydrogen (secondary N) is 1. The summed E-state index contributed by atoms with van der Waals surface area (Å²) in [6, 6.07) is 5.98. The molecular formula is C23H30N4O2. The molecule has 0 bridgehead atoms. The number of hydrogen-bond acceptors (Lipinski definition) is 3. The van der Waals surface area contributed by atoms with E-state index in [-0.39, 0.29) is 11.8 Å². The van der Waals surface area contributed by atoms with Gasteiger partial charge in [-0.05, 0) is 69.2 Å². The first-order valence-corrected chi connectivity index (χ1v) is 10.8. The summed E-state index contributed by atoms with van der Waals surface area (Å²) in [4.78, 5) is 32.8. The Labute approximate surface area is 172 Å². The standard InChI is InChI=1S/C23H30N4O2/c1-16-13-17(2)15-18(14-16)24-22(28)21-25-20(19-9-5-8-12-27(19)21)23(29)26-10-6-3-4-7-11-26/h13-15H,3-12H2,1-2H3,(H,24,28). The molecule has 3 heterocycles. The smallest absolute Gasteiger partial charge is 0.291 e. The van der Waals surface area contributed by atoms with Gasteiger partial charge in [-0.2, -0.15) is 0 Å². The van der Waals surface area contributed by atoms with Crippen molar-refractivity contribution in [3.05, 3.63) is 46.5 Å². The van der Waals surface area contributed by atoms with Gasteiger partial charge >= 0.3 is 0 Å². The topological polar surface area (TPSA) is 67.2 Å². The van der Waals surface area contributed by atoms with E-state index in [2.05, 4.69) is 16.4 Å². The maximum atomic E-state index is 13.2. The predicted octanol–water partition coefficient (Wildman–Crippen LogP) is 4.10. The molecule has 6 nitrogen and oxygen atoms in total. The first-order valence-electron chi connectivity index (χ1n) is 10.8. The number of carbonyl (C=O) groups is 2. The van der Waals surface area contributed by atoms with Gasteiger partial charge < -0.3 is 14.8 Å². The van der Waals surface area contributed by atoms with Gasteiger partial charge in [-0.1, -0.05) is 18.9 Å². The van der Waals surface area contributed by atoms with Gasteiger partial charge in [0.2, 0.25) is 0 Å². The molecular weight excluding hydrogens is 364 g/mol. The minimum absolute atomic E-state index is 0.0111. The molecule has 0 aliphatic carbocycles. The molecule has 0 atom stereocenters. The van der Waals surface area contributed by atoms with Gasteiger partial charge in [0.15, 0.2) is 5.82 Å². The number of nitrogens with zero attached hydrogens (tertiary/aromatic N) is 3. The summed E-state index contributed by atoms with van der Waals surface area (Å²) < 4.78 is 1.96. The number of likely N-dealkylation sites (tertiary alicyclic amines) is 1. The summed E-state index contributed by atoms with van der Waals surface area (Å²) in [7, 11) is 0. The number of imidazole rings is 1. The minimum Gasteiger partial charge on any atom is -0.337 e. The van der Waals surface area contributed by atoms with Crippen molar-refractivity contribution < 1.29 is 9.59 Å². The molecule has 1 aromatic heterocycles. The van der Waals surface area contributed by atoms with Crippen LogP contribution in [-0.4, -0.2) is 39.4 Å². The van der Waals surface area contributed by atoms with Crippen molar-refractivity contribution in [1.29, 1.82) is 0 Å². The van der Waals surface area contributed by atoms with E-state index < -0.39 is 0 Å². The second kappa shape index (κ2) is 8.39. The second-order valence-electron chi connectivity index (χ2n) is 8.38. The number of hydrogen-bond donors (Lipinski definition) is 1. The number of aromatic nitrogens is 2. The molecule has 0 spiro atoms. The third kappa shape index (κ3) is 4.21. The lowest BCUT2D eigenvalue weighted by molar-refractivity contribution is 0.0754. The van der Waals surface area contributed by atoms with E-state index in [1.165, 1.54) is 12.8 Å². The number of benzene rings is 1. The molecule has 29 heavy (non-hydrogen) atoms. The van der Waals surface area contributed by atoms with Crippen molar-refractivity contribution in [2.24, 2.45) is 0 Å². The van der Waals surface area contributed by atoms with Gasteiger partial charge in [0, 0.05) is 25.3 Å². The molecule has 154 valence electrons. The Bertz CT molecular complexity index is 903. The number of aryl methyl sites for hydroxylation is 2. The summed E-state index contributed by atoms with van der Waals surface area (Å²) in [5.41, 5.74) is 4.37. The van der Waals surface area contributed by atoms with Crippen molar-refractivity contribution in [3.63, 3.8) is 0 Å². The fourth-order valence-electron chi connectivity index (χ4n) is 4.55. The highest BCUT2D eigenvalue weighted by atomic mass is 16.2. The molecule has 0 unspecified atom stereocenters. The maximum absolute atomic E-state index is 13.2. The van der Waals surface area contributed by atoms with E-state index in [4.69, 9.17) is 0 Å². The zero-order valence-electron chi connectivity index (χ0n) is 17.5. The highest BCUT2D eigenvalue weighted by Gasteiger charge is 2.30. The normalized spacial score (nSPS) is 16.8. The fraction of sp³-hybridized carbons (Fsp3) is 0.522. The molecule has 1 N–H and O–H groups in total. The third-order valence-electron chi connectivity index (χ3n) is 5.90. The van der Waals surface area contributed by atoms with Crippen molar-refractivity contribution in [2.75, 3.05) is 18.4 Å². The lowest BCUT2D eigenvalue weighted by atomic mass is 10.1. The molecule has 2 aromatic rings. The Morgan fingerprint density at radius 3 is 2.24 bits per heavy atom. The lowest BCUT2D eigenvalue weighted by Gasteiger charge is -2.21. The van der Waals surface area contributed by atoms with Crippen LogP contribution in [0.1, 0.15) is 76.5 Å². The molecule has 4 rings (SSSR count). The van der Waals surface area contributed by atoms with Gasteiger partial charge in [-0.25, -0.2) is 4.98 Å². The average Bonchev–Trinajstić information content (AvgIpc) is 2.86. The number of amides is 2. The van der Waals surface area contributed by atoms with Gasteiger partial charge in [0.1, 0.15) is 5.69 Å². The van der Waals surface area contributed by atoms with Gasteiger partial charge in [-0.15, -0.1) is 0 Å². The van der Waals surface area contributed by atoms with E-state index in [1.807, 2.05) is 35.4 Å². The Morgan fingerprint density at radius 1 is 0.897 bits per heavy atom. The van der Waals surface area contributed by atoms with Gasteiger partial charge in [0.05, 0.1) is 5.69 Å². The predicted molar refractivity (Wildman–Crippen MR) is 113 cm³/mol. The number of rotatable bonds is 3. The Hall–Kier alpha value is -2.63. The van der Waals surface area contributed by atoms with Crippen LogP contribution < -0.4 is 5.32 Å². The molecule has 1 aromatic carbocycles. The Balaban J connectivity index is 1.63. The van der Waals surface area contributed by atoms with Crippen molar-refractivity contribution >= 4 is 17.5 Å². The molecule has 1 fully saturated rings. The van der Waals surface area contributed by atoms with Gasteiger partial charge in [0.25, 0.3) is 11.8 Å². The zero-order chi connectivity index (χ0) is 20.4. The quantitative estimate of drug-likeness (QED) is 0.852. The van der Waals surface area contributed by atoms with Crippen LogP contribution in [0.25, 0.3) is 0 Å². The van der Waals surface area contributed by atoms with Crippen LogP contribution in [0, 0.1) is 13.8 Å². The van der Waals surface area contributed by atoms with E-state index in [0.29, 0.717) is 11.5 Å². The van der Waals surface area contributed by atoms with Crippen molar-refractivity contribution in [3.8, 4) is 0 Å². The molecule has 0 radical (unpaired) electrons. The SMILES string of the molecule is Cc1cc(C)cc(NC(=O)c2nc(C(=O)N3CCCCCC3)c3n2CCCC3)c1. The molecule has 6 heteroatoms. The maximum Gasteiger partial charge on any atom is 0.291 e. The lowest BCUT2D eigenvalue weighted by Crippen LogP contribution is -2.33. The van der Waals surface area contributed by atoms with E-state index in [0.717, 1.165) is 74.2 Å². The minimum atomic E-state index is -0.243. The average molecular weight is 395 g/mol. The van der Waals surface area contributed by atoms with Gasteiger partial charge in [-0.3, -0.25) is 9.59 Å². The largest absolute Gasteiger partial charge is 0.337 e. The molecule has 2 amide bonds. The van der Waals surface area contributed by atoms with Crippen molar-refractivity contribution in [2.45, 2.75) is 65.3 Å². The monoisotopic (exact) mass is 394 g/mol. The third-order valence-corrected chi connectivity index (χ3v) is 5.90. The molecule has 0 saturated carbocycles. The summed E-state index contributed by atoms with van der Waals surface area (Å²) >= 11 is 0. The second-order valence-corrected chi connectivity index (χ2v) is 8.38. The Kier molecular flexibility index (Phi) is 5.69. The summed E-state index contributed by atoms with van der Waals surface area (Å²) in [5, 5.41) is 2.98. The van der Waals surface area contributed by atoms with Crippen molar-refractivity contribution in [1.82, 2.24) is 14.5 Å². The van der Waals surface area contributed by atoms with Crippen LogP contribution in [-0.2, 0) is 13.0 Å². The Morgan fingerprint density at radius 2 is 1.55 bits per heavy atom. The van der Waals surface area contributed by atoms with Crippen LogP contribution in [0.4, 0.5) is 5.69 Å².